The normalized spacial score (nSPS) is 11.0. The van der Waals surface area contributed by atoms with E-state index in [0.29, 0.717) is 5.56 Å². The molecule has 23 heavy (non-hydrogen) atoms. The number of rotatable bonds is 12. The molecule has 0 aromatic heterocycles. The van der Waals surface area contributed by atoms with Crippen LogP contribution in [0.4, 0.5) is 0 Å². The van der Waals surface area contributed by atoms with Gasteiger partial charge in [0.05, 0.1) is 0 Å². The molecule has 0 unspecified atom stereocenters. The molecule has 0 heterocycles. The van der Waals surface area contributed by atoms with Crippen LogP contribution in [0.3, 0.4) is 0 Å². The highest BCUT2D eigenvalue weighted by Gasteiger charge is 2.02. The number of hydrogen-bond donors (Lipinski definition) is 1. The molecule has 0 radical (unpaired) electrons. The fraction of sp³-hybridized carbons (Fsp3) is 0.500. The number of aliphatic carboxylic acids is 1. The second-order valence-electron chi connectivity index (χ2n) is 5.96. The standard InChI is InChI=1S/C20H28O3/c1-2-3-4-5-6-7-8-9-10-17-11-13-18(14-12-17)19(21)15-16-20(22)23/h11-16H,2-10H2,1H3,(H,22,23)/b16-15+. The number of hydrogen-bond acceptors (Lipinski definition) is 2. The average molecular weight is 316 g/mol. The monoisotopic (exact) mass is 316 g/mol. The van der Waals surface area contributed by atoms with Gasteiger partial charge in [0.25, 0.3) is 0 Å². The Balaban J connectivity index is 2.24. The zero-order chi connectivity index (χ0) is 16.9. The fourth-order valence-corrected chi connectivity index (χ4v) is 2.54. The maximum Gasteiger partial charge on any atom is 0.328 e. The number of carbonyl (C=O) groups is 2. The summed E-state index contributed by atoms with van der Waals surface area (Å²) in [4.78, 5) is 22.1. The first-order chi connectivity index (χ1) is 11.1. The van der Waals surface area contributed by atoms with Crippen molar-refractivity contribution in [3.05, 3.63) is 47.5 Å². The third-order valence-corrected chi connectivity index (χ3v) is 3.93. The molecule has 0 atom stereocenters. The lowest BCUT2D eigenvalue weighted by atomic mass is 10.0. The van der Waals surface area contributed by atoms with Crippen molar-refractivity contribution in [1.82, 2.24) is 0 Å². The predicted molar refractivity (Wildman–Crippen MR) is 93.9 cm³/mol. The Bertz CT molecular complexity index is 500. The summed E-state index contributed by atoms with van der Waals surface area (Å²) < 4.78 is 0. The Labute approximate surface area is 139 Å². The minimum absolute atomic E-state index is 0.272. The van der Waals surface area contributed by atoms with Gasteiger partial charge in [-0.2, -0.15) is 0 Å². The van der Waals surface area contributed by atoms with Crippen LogP contribution in [0, 0.1) is 0 Å². The van der Waals surface area contributed by atoms with Crippen LogP contribution in [0.5, 0.6) is 0 Å². The zero-order valence-electron chi connectivity index (χ0n) is 14.1. The largest absolute Gasteiger partial charge is 0.478 e. The van der Waals surface area contributed by atoms with Crippen LogP contribution in [0.1, 0.15) is 74.2 Å². The third-order valence-electron chi connectivity index (χ3n) is 3.93. The number of carboxylic acid groups (broad SMARTS) is 1. The van der Waals surface area contributed by atoms with Crippen LogP contribution in [-0.4, -0.2) is 16.9 Å². The first-order valence-corrected chi connectivity index (χ1v) is 8.67. The van der Waals surface area contributed by atoms with Gasteiger partial charge in [-0.05, 0) is 24.5 Å². The summed E-state index contributed by atoms with van der Waals surface area (Å²) in [5.41, 5.74) is 1.76. The van der Waals surface area contributed by atoms with Crippen molar-refractivity contribution in [2.75, 3.05) is 0 Å². The highest BCUT2D eigenvalue weighted by atomic mass is 16.4. The summed E-state index contributed by atoms with van der Waals surface area (Å²) in [6, 6.07) is 7.47. The van der Waals surface area contributed by atoms with Crippen molar-refractivity contribution in [3.8, 4) is 0 Å². The van der Waals surface area contributed by atoms with Gasteiger partial charge in [-0.15, -0.1) is 0 Å². The number of allylic oxidation sites excluding steroid dienone is 1. The summed E-state index contributed by atoms with van der Waals surface area (Å²) in [6.45, 7) is 2.24. The van der Waals surface area contributed by atoms with Crippen molar-refractivity contribution in [3.63, 3.8) is 0 Å². The second-order valence-corrected chi connectivity index (χ2v) is 5.96. The Morgan fingerprint density at radius 3 is 2.00 bits per heavy atom. The number of unbranched alkanes of at least 4 members (excludes halogenated alkanes) is 7. The Kier molecular flexibility index (Phi) is 9.69. The maximum atomic E-state index is 11.7. The first kappa shape index (κ1) is 19.1. The third kappa shape index (κ3) is 8.97. The molecule has 1 N–H and O–H groups in total. The minimum Gasteiger partial charge on any atom is -0.478 e. The van der Waals surface area contributed by atoms with E-state index in [1.165, 1.54) is 56.9 Å². The zero-order valence-corrected chi connectivity index (χ0v) is 14.1. The van der Waals surface area contributed by atoms with E-state index in [2.05, 4.69) is 6.92 Å². The fourth-order valence-electron chi connectivity index (χ4n) is 2.54. The molecule has 3 heteroatoms. The van der Waals surface area contributed by atoms with Gasteiger partial charge in [-0.1, -0.05) is 76.1 Å². The van der Waals surface area contributed by atoms with Gasteiger partial charge in [0.1, 0.15) is 0 Å². The highest BCUT2D eigenvalue weighted by molar-refractivity contribution is 6.06. The molecule has 0 fully saturated rings. The van der Waals surface area contributed by atoms with Crippen molar-refractivity contribution < 1.29 is 14.7 Å². The number of carbonyl (C=O) groups excluding carboxylic acids is 1. The molecule has 126 valence electrons. The molecule has 1 aromatic carbocycles. The van der Waals surface area contributed by atoms with Gasteiger partial charge >= 0.3 is 5.97 Å². The number of carboxylic acids is 1. The van der Waals surface area contributed by atoms with Crippen molar-refractivity contribution in [2.24, 2.45) is 0 Å². The van der Waals surface area contributed by atoms with Gasteiger partial charge in [-0.3, -0.25) is 4.79 Å². The molecule has 0 saturated heterocycles. The first-order valence-electron chi connectivity index (χ1n) is 8.67. The van der Waals surface area contributed by atoms with Gasteiger partial charge in [0.15, 0.2) is 5.78 Å². The Morgan fingerprint density at radius 1 is 0.870 bits per heavy atom. The van der Waals surface area contributed by atoms with E-state index < -0.39 is 5.97 Å². The summed E-state index contributed by atoms with van der Waals surface area (Å²) in [6.07, 6.45) is 13.5. The molecule has 0 aliphatic rings. The van der Waals surface area contributed by atoms with Crippen LogP contribution in [0.15, 0.2) is 36.4 Å². The van der Waals surface area contributed by atoms with Crippen molar-refractivity contribution >= 4 is 11.8 Å². The molecule has 0 aliphatic carbocycles. The molecule has 0 spiro atoms. The maximum absolute atomic E-state index is 11.7. The molecule has 0 saturated carbocycles. The predicted octanol–water partition coefficient (Wildman–Crippen LogP) is 5.19. The average Bonchev–Trinajstić information content (AvgIpc) is 2.55. The van der Waals surface area contributed by atoms with Gasteiger partial charge in [0.2, 0.25) is 0 Å². The van der Waals surface area contributed by atoms with Crippen LogP contribution < -0.4 is 0 Å². The summed E-state index contributed by atoms with van der Waals surface area (Å²) >= 11 is 0. The molecule has 0 bridgehead atoms. The smallest absolute Gasteiger partial charge is 0.328 e. The van der Waals surface area contributed by atoms with Crippen LogP contribution in [0.2, 0.25) is 0 Å². The summed E-state index contributed by atoms with van der Waals surface area (Å²) in [5.74, 6) is -1.38. The number of benzene rings is 1. The quantitative estimate of drug-likeness (QED) is 0.328. The Morgan fingerprint density at radius 2 is 1.43 bits per heavy atom. The van der Waals surface area contributed by atoms with Crippen molar-refractivity contribution in [2.45, 2.75) is 64.7 Å². The van der Waals surface area contributed by atoms with E-state index in [1.807, 2.05) is 12.1 Å². The SMILES string of the molecule is CCCCCCCCCCc1ccc(C(=O)/C=C/C(=O)O)cc1. The minimum atomic E-state index is -1.11. The van der Waals surface area contributed by atoms with Crippen LogP contribution >= 0.6 is 0 Å². The van der Waals surface area contributed by atoms with E-state index in [1.54, 1.807) is 12.1 Å². The lowest BCUT2D eigenvalue weighted by Gasteiger charge is -2.03. The summed E-state index contributed by atoms with van der Waals surface area (Å²) in [5, 5.41) is 8.52. The van der Waals surface area contributed by atoms with E-state index >= 15 is 0 Å². The van der Waals surface area contributed by atoms with Crippen molar-refractivity contribution in [1.29, 1.82) is 0 Å². The molecule has 0 amide bonds. The lowest BCUT2D eigenvalue weighted by molar-refractivity contribution is -0.131. The molecule has 1 rings (SSSR count). The molecule has 1 aromatic rings. The molecular formula is C20H28O3. The second kappa shape index (κ2) is 11.6. The van der Waals surface area contributed by atoms with E-state index in [0.717, 1.165) is 18.6 Å². The van der Waals surface area contributed by atoms with Gasteiger partial charge < -0.3 is 5.11 Å². The topological polar surface area (TPSA) is 54.4 Å². The highest BCUT2D eigenvalue weighted by Crippen LogP contribution is 2.12. The van der Waals surface area contributed by atoms with Crippen LogP contribution in [0.25, 0.3) is 0 Å². The molecule has 0 aliphatic heterocycles. The van der Waals surface area contributed by atoms with E-state index in [4.69, 9.17) is 5.11 Å². The van der Waals surface area contributed by atoms with Gasteiger partial charge in [0, 0.05) is 11.6 Å². The number of ketones is 1. The van der Waals surface area contributed by atoms with Gasteiger partial charge in [-0.25, -0.2) is 4.79 Å². The van der Waals surface area contributed by atoms with Crippen LogP contribution in [-0.2, 0) is 11.2 Å². The van der Waals surface area contributed by atoms with E-state index in [-0.39, 0.29) is 5.78 Å². The lowest BCUT2D eigenvalue weighted by Crippen LogP contribution is -1.97. The summed E-state index contributed by atoms with van der Waals surface area (Å²) in [7, 11) is 0. The molecular weight excluding hydrogens is 288 g/mol. The van der Waals surface area contributed by atoms with E-state index in [9.17, 15) is 9.59 Å². The molecule has 3 nitrogen and oxygen atoms in total. The number of aryl methyl sites for hydroxylation is 1. The Hall–Kier alpha value is -1.90.